The molecule has 1 aliphatic rings. The van der Waals surface area contributed by atoms with Crippen molar-refractivity contribution in [2.24, 2.45) is 0 Å². The molecule has 8 heteroatoms. The third kappa shape index (κ3) is 7.48. The van der Waals surface area contributed by atoms with Crippen LogP contribution >= 0.6 is 11.6 Å². The van der Waals surface area contributed by atoms with Crippen LogP contribution in [0.25, 0.3) is 0 Å². The Labute approximate surface area is 205 Å². The first-order chi connectivity index (χ1) is 16.5. The maximum absolute atomic E-state index is 12.5. The van der Waals surface area contributed by atoms with E-state index in [1.54, 1.807) is 24.3 Å². The Morgan fingerprint density at radius 1 is 1.06 bits per heavy atom. The van der Waals surface area contributed by atoms with Crippen LogP contribution in [0, 0.1) is 0 Å². The summed E-state index contributed by atoms with van der Waals surface area (Å²) >= 11 is 5.84. The van der Waals surface area contributed by atoms with E-state index in [0.717, 1.165) is 31.5 Å². The Morgan fingerprint density at radius 2 is 1.76 bits per heavy atom. The first-order valence-corrected chi connectivity index (χ1v) is 12.2. The minimum Gasteiger partial charge on any atom is -0.483 e. The van der Waals surface area contributed by atoms with Gasteiger partial charge in [-0.15, -0.1) is 0 Å². The van der Waals surface area contributed by atoms with Crippen LogP contribution in [0.3, 0.4) is 0 Å². The Morgan fingerprint density at radius 3 is 2.47 bits per heavy atom. The number of carbonyl (C=O) groups is 3. The molecule has 7 nitrogen and oxygen atoms in total. The summed E-state index contributed by atoms with van der Waals surface area (Å²) in [6, 6.07) is 13.9. The molecule has 0 spiro atoms. The molecule has 0 radical (unpaired) electrons. The molecule has 1 unspecified atom stereocenters. The molecule has 1 atom stereocenters. The van der Waals surface area contributed by atoms with Crippen LogP contribution in [0.2, 0.25) is 5.02 Å². The summed E-state index contributed by atoms with van der Waals surface area (Å²) in [5.74, 6) is 0.302. The number of hydrogen-bond acceptors (Lipinski definition) is 4. The molecule has 3 rings (SSSR count). The lowest BCUT2D eigenvalue weighted by atomic mass is 10.0. The maximum atomic E-state index is 12.5. The highest BCUT2D eigenvalue weighted by atomic mass is 35.5. The molecule has 1 saturated heterocycles. The lowest BCUT2D eigenvalue weighted by Gasteiger charge is -2.22. The Hall–Kier alpha value is -3.06. The van der Waals surface area contributed by atoms with Gasteiger partial charge < -0.3 is 20.3 Å². The zero-order chi connectivity index (χ0) is 24.3. The van der Waals surface area contributed by atoms with Crippen molar-refractivity contribution in [2.45, 2.75) is 45.1 Å². The van der Waals surface area contributed by atoms with Gasteiger partial charge >= 0.3 is 0 Å². The van der Waals surface area contributed by atoms with Crippen molar-refractivity contribution < 1.29 is 19.1 Å². The Bertz CT molecular complexity index is 974. The molecule has 1 heterocycles. The van der Waals surface area contributed by atoms with Crippen molar-refractivity contribution in [3.05, 3.63) is 64.7 Å². The predicted octanol–water partition coefficient (Wildman–Crippen LogP) is 4.12. The van der Waals surface area contributed by atoms with Crippen LogP contribution in [0.1, 0.15) is 61.0 Å². The molecule has 0 saturated carbocycles. The number of amides is 3. The van der Waals surface area contributed by atoms with E-state index in [0.29, 0.717) is 35.7 Å². The highest BCUT2D eigenvalue weighted by molar-refractivity contribution is 6.30. The van der Waals surface area contributed by atoms with E-state index in [4.69, 9.17) is 16.3 Å². The molecule has 34 heavy (non-hydrogen) atoms. The van der Waals surface area contributed by atoms with Crippen LogP contribution in [-0.2, 0) is 9.59 Å². The van der Waals surface area contributed by atoms with Crippen molar-refractivity contribution in [1.82, 2.24) is 15.5 Å². The van der Waals surface area contributed by atoms with Gasteiger partial charge in [-0.05, 0) is 56.0 Å². The molecule has 2 aromatic rings. The van der Waals surface area contributed by atoms with Gasteiger partial charge in [0.25, 0.3) is 11.8 Å². The van der Waals surface area contributed by atoms with Crippen LogP contribution in [-0.4, -0.2) is 48.9 Å². The van der Waals surface area contributed by atoms with Crippen LogP contribution < -0.4 is 15.4 Å². The largest absolute Gasteiger partial charge is 0.483 e. The maximum Gasteiger partial charge on any atom is 0.260 e. The molecule has 0 aliphatic carbocycles. The lowest BCUT2D eigenvalue weighted by molar-refractivity contribution is -0.132. The molecule has 2 N–H and O–H groups in total. The fourth-order valence-electron chi connectivity index (χ4n) is 3.92. The quantitative estimate of drug-likeness (QED) is 0.469. The fourth-order valence-corrected chi connectivity index (χ4v) is 4.04. The number of ether oxygens (including phenoxy) is 1. The van der Waals surface area contributed by atoms with Gasteiger partial charge in [-0.25, -0.2) is 0 Å². The molecular formula is C26H32ClN3O4. The van der Waals surface area contributed by atoms with E-state index in [1.165, 1.54) is 0 Å². The number of benzene rings is 2. The average Bonchev–Trinajstić information content (AvgIpc) is 3.39. The molecule has 182 valence electrons. The summed E-state index contributed by atoms with van der Waals surface area (Å²) in [4.78, 5) is 38.9. The minimum atomic E-state index is -0.228. The van der Waals surface area contributed by atoms with E-state index >= 15 is 0 Å². The number of nitrogens with zero attached hydrogens (tertiary/aromatic N) is 1. The van der Waals surface area contributed by atoms with Gasteiger partial charge in [0.1, 0.15) is 5.75 Å². The average molecular weight is 486 g/mol. The molecule has 0 bridgehead atoms. The Balaban J connectivity index is 1.46. The highest BCUT2D eigenvalue weighted by Gasteiger charge is 2.21. The van der Waals surface area contributed by atoms with Gasteiger partial charge in [-0.2, -0.15) is 0 Å². The van der Waals surface area contributed by atoms with E-state index in [1.807, 2.05) is 36.1 Å². The number of para-hydroxylation sites is 1. The number of nitrogens with one attached hydrogen (secondary N) is 2. The summed E-state index contributed by atoms with van der Waals surface area (Å²) in [6.45, 7) is 3.96. The molecular weight excluding hydrogens is 454 g/mol. The lowest BCUT2D eigenvalue weighted by Crippen LogP contribution is -2.33. The SMILES string of the molecule is CCC(NC(=O)CCCNC(=O)c1ccc(Cl)cc1)c1ccccc1OCC(=O)N1CCCC1. The third-order valence-electron chi connectivity index (χ3n) is 5.82. The van der Waals surface area contributed by atoms with Crippen LogP contribution in [0.5, 0.6) is 5.75 Å². The number of carbonyl (C=O) groups excluding carboxylic acids is 3. The topological polar surface area (TPSA) is 87.7 Å². The smallest absolute Gasteiger partial charge is 0.260 e. The van der Waals surface area contributed by atoms with Crippen molar-refractivity contribution in [1.29, 1.82) is 0 Å². The second-order valence-corrected chi connectivity index (χ2v) is 8.75. The number of likely N-dealkylation sites (tertiary alicyclic amines) is 1. The summed E-state index contributed by atoms with van der Waals surface area (Å²) in [7, 11) is 0. The second-order valence-electron chi connectivity index (χ2n) is 8.31. The van der Waals surface area contributed by atoms with E-state index in [-0.39, 0.29) is 36.8 Å². The first kappa shape index (κ1) is 25.6. The number of halogens is 1. The molecule has 2 aromatic carbocycles. The van der Waals surface area contributed by atoms with Gasteiger partial charge in [0, 0.05) is 42.2 Å². The fraction of sp³-hybridized carbons (Fsp3) is 0.423. The first-order valence-electron chi connectivity index (χ1n) is 11.8. The summed E-state index contributed by atoms with van der Waals surface area (Å²) in [5.41, 5.74) is 1.38. The van der Waals surface area contributed by atoms with E-state index in [2.05, 4.69) is 10.6 Å². The van der Waals surface area contributed by atoms with Crippen LogP contribution in [0.4, 0.5) is 0 Å². The monoisotopic (exact) mass is 485 g/mol. The zero-order valence-electron chi connectivity index (χ0n) is 19.5. The summed E-state index contributed by atoms with van der Waals surface area (Å²) < 4.78 is 5.85. The second kappa shape index (κ2) is 13.0. The summed E-state index contributed by atoms with van der Waals surface area (Å²) in [6.07, 6.45) is 3.56. The number of hydrogen-bond donors (Lipinski definition) is 2. The summed E-state index contributed by atoms with van der Waals surface area (Å²) in [5, 5.41) is 6.44. The minimum absolute atomic E-state index is 0.00525. The number of rotatable bonds is 11. The standard InChI is InChI=1S/C26H32ClN3O4/c1-2-22(21-8-3-4-9-23(21)34-18-25(32)30-16-5-6-17-30)29-24(31)10-7-15-28-26(33)19-11-13-20(27)14-12-19/h3-4,8-9,11-14,22H,2,5-7,10,15-18H2,1H3,(H,28,33)(H,29,31). The third-order valence-corrected chi connectivity index (χ3v) is 6.07. The predicted molar refractivity (Wildman–Crippen MR) is 132 cm³/mol. The normalized spacial score (nSPS) is 13.9. The van der Waals surface area contributed by atoms with E-state index < -0.39 is 0 Å². The van der Waals surface area contributed by atoms with Crippen molar-refractivity contribution in [3.63, 3.8) is 0 Å². The molecule has 1 aliphatic heterocycles. The van der Waals surface area contributed by atoms with Gasteiger partial charge in [-0.1, -0.05) is 36.7 Å². The van der Waals surface area contributed by atoms with Crippen molar-refractivity contribution in [2.75, 3.05) is 26.2 Å². The molecule has 0 aromatic heterocycles. The van der Waals surface area contributed by atoms with E-state index in [9.17, 15) is 14.4 Å². The Kier molecular flexibility index (Phi) is 9.76. The van der Waals surface area contributed by atoms with Crippen LogP contribution in [0.15, 0.2) is 48.5 Å². The zero-order valence-corrected chi connectivity index (χ0v) is 20.3. The molecule has 1 fully saturated rings. The van der Waals surface area contributed by atoms with Gasteiger partial charge in [0.15, 0.2) is 6.61 Å². The molecule has 3 amide bonds. The van der Waals surface area contributed by atoms with Crippen molar-refractivity contribution >= 4 is 29.3 Å². The van der Waals surface area contributed by atoms with Gasteiger partial charge in [0.05, 0.1) is 6.04 Å². The highest BCUT2D eigenvalue weighted by Crippen LogP contribution is 2.27. The van der Waals surface area contributed by atoms with Crippen molar-refractivity contribution in [3.8, 4) is 5.75 Å². The van der Waals surface area contributed by atoms with Gasteiger partial charge in [0.2, 0.25) is 5.91 Å². The van der Waals surface area contributed by atoms with Gasteiger partial charge in [-0.3, -0.25) is 14.4 Å².